The van der Waals surface area contributed by atoms with Gasteiger partial charge in [0.15, 0.2) is 0 Å². The van der Waals surface area contributed by atoms with Gasteiger partial charge in [-0.25, -0.2) is 0 Å². The molecular formula is C11H9BrOS. The van der Waals surface area contributed by atoms with E-state index in [4.69, 9.17) is 4.74 Å². The van der Waals surface area contributed by atoms with Crippen molar-refractivity contribution >= 4 is 39.3 Å². The molecule has 14 heavy (non-hydrogen) atoms. The first-order valence-electron chi connectivity index (χ1n) is 4.22. The zero-order valence-corrected chi connectivity index (χ0v) is 9.89. The van der Waals surface area contributed by atoms with Gasteiger partial charge in [0.1, 0.15) is 11.7 Å². The van der Waals surface area contributed by atoms with Crippen molar-refractivity contribution in [2.75, 3.05) is 5.94 Å². The van der Waals surface area contributed by atoms with E-state index < -0.39 is 0 Å². The van der Waals surface area contributed by atoms with Crippen LogP contribution in [0.5, 0.6) is 5.75 Å². The van der Waals surface area contributed by atoms with Crippen LogP contribution >= 0.6 is 28.6 Å². The van der Waals surface area contributed by atoms with Crippen LogP contribution in [0.15, 0.2) is 40.9 Å². The van der Waals surface area contributed by atoms with Gasteiger partial charge in [0.25, 0.3) is 0 Å². The van der Waals surface area contributed by atoms with Crippen molar-refractivity contribution in [1.29, 1.82) is 0 Å². The molecule has 2 rings (SSSR count). The van der Waals surface area contributed by atoms with Crippen molar-refractivity contribution in [1.82, 2.24) is 0 Å². The predicted octanol–water partition coefficient (Wildman–Crippen LogP) is 3.87. The average molecular weight is 269 g/mol. The van der Waals surface area contributed by atoms with Crippen LogP contribution in [0.2, 0.25) is 0 Å². The summed E-state index contributed by atoms with van der Waals surface area (Å²) in [5, 5.41) is 2.37. The minimum Gasteiger partial charge on any atom is -0.483 e. The monoisotopic (exact) mass is 268 g/mol. The number of hydrogen-bond donors (Lipinski definition) is 1. The molecule has 0 aliphatic heterocycles. The maximum Gasteiger partial charge on any atom is 0.131 e. The van der Waals surface area contributed by atoms with Crippen molar-refractivity contribution < 1.29 is 4.74 Å². The van der Waals surface area contributed by atoms with Crippen molar-refractivity contribution in [3.05, 3.63) is 40.9 Å². The summed E-state index contributed by atoms with van der Waals surface area (Å²) in [6, 6.07) is 12.2. The molecule has 0 heterocycles. The van der Waals surface area contributed by atoms with E-state index in [1.807, 2.05) is 24.3 Å². The highest BCUT2D eigenvalue weighted by molar-refractivity contribution is 9.10. The number of halogens is 1. The SMILES string of the molecule is SCOc1ccc2cc(Br)ccc2c1. The number of rotatable bonds is 2. The molecule has 0 aliphatic carbocycles. The van der Waals surface area contributed by atoms with Crippen LogP contribution in [-0.4, -0.2) is 5.94 Å². The van der Waals surface area contributed by atoms with Crippen LogP contribution in [0.1, 0.15) is 0 Å². The normalized spacial score (nSPS) is 10.4. The molecule has 72 valence electrons. The lowest BCUT2D eigenvalue weighted by atomic mass is 10.1. The second kappa shape index (κ2) is 4.24. The van der Waals surface area contributed by atoms with E-state index in [2.05, 4.69) is 40.7 Å². The Balaban J connectivity index is 2.50. The van der Waals surface area contributed by atoms with Crippen LogP contribution in [0.4, 0.5) is 0 Å². The Morgan fingerprint density at radius 3 is 2.57 bits per heavy atom. The molecule has 3 heteroatoms. The predicted molar refractivity (Wildman–Crippen MR) is 66.1 cm³/mol. The summed E-state index contributed by atoms with van der Waals surface area (Å²) in [5.41, 5.74) is 0. The summed E-state index contributed by atoms with van der Waals surface area (Å²) in [6.45, 7) is 0. The van der Waals surface area contributed by atoms with Crippen LogP contribution in [-0.2, 0) is 0 Å². The minimum absolute atomic E-state index is 0.405. The molecule has 0 radical (unpaired) electrons. The summed E-state index contributed by atoms with van der Waals surface area (Å²) < 4.78 is 6.39. The fourth-order valence-electron chi connectivity index (χ4n) is 1.36. The third-order valence-electron chi connectivity index (χ3n) is 2.00. The van der Waals surface area contributed by atoms with Crippen LogP contribution in [0.3, 0.4) is 0 Å². The molecule has 0 atom stereocenters. The molecule has 0 fully saturated rings. The fraction of sp³-hybridized carbons (Fsp3) is 0.0909. The van der Waals surface area contributed by atoms with E-state index in [9.17, 15) is 0 Å². The Hall–Kier alpha value is -0.670. The Morgan fingerprint density at radius 2 is 1.79 bits per heavy atom. The number of benzene rings is 2. The van der Waals surface area contributed by atoms with Gasteiger partial charge in [0.2, 0.25) is 0 Å². The first-order valence-corrected chi connectivity index (χ1v) is 5.65. The third-order valence-corrected chi connectivity index (χ3v) is 2.63. The van der Waals surface area contributed by atoms with E-state index in [1.54, 1.807) is 0 Å². The largest absolute Gasteiger partial charge is 0.483 e. The number of thiol groups is 1. The van der Waals surface area contributed by atoms with Crippen molar-refractivity contribution in [2.24, 2.45) is 0 Å². The number of ether oxygens (including phenoxy) is 1. The van der Waals surface area contributed by atoms with Crippen LogP contribution in [0.25, 0.3) is 10.8 Å². The summed E-state index contributed by atoms with van der Waals surface area (Å²) in [5.74, 6) is 1.26. The third kappa shape index (κ3) is 2.04. The van der Waals surface area contributed by atoms with E-state index in [0.717, 1.165) is 10.2 Å². The molecule has 0 bridgehead atoms. The second-order valence-corrected chi connectivity index (χ2v) is 4.10. The Kier molecular flexibility index (Phi) is 2.99. The molecule has 2 aromatic rings. The van der Waals surface area contributed by atoms with E-state index >= 15 is 0 Å². The highest BCUT2D eigenvalue weighted by atomic mass is 79.9. The van der Waals surface area contributed by atoms with Gasteiger partial charge in [-0.1, -0.05) is 28.1 Å². The zero-order chi connectivity index (χ0) is 9.97. The molecule has 2 aromatic carbocycles. The smallest absolute Gasteiger partial charge is 0.131 e. The molecule has 0 amide bonds. The highest BCUT2D eigenvalue weighted by Gasteiger charge is 1.97. The van der Waals surface area contributed by atoms with Gasteiger partial charge in [-0.3, -0.25) is 0 Å². The standard InChI is InChI=1S/C11H9BrOS/c12-10-3-1-9-6-11(13-7-14)4-2-8(9)5-10/h1-6,14H,7H2. The summed E-state index contributed by atoms with van der Waals surface area (Å²) in [7, 11) is 0. The van der Waals surface area contributed by atoms with Gasteiger partial charge in [0.05, 0.1) is 0 Å². The summed E-state index contributed by atoms with van der Waals surface area (Å²) in [6.07, 6.45) is 0. The van der Waals surface area contributed by atoms with E-state index in [-0.39, 0.29) is 0 Å². The van der Waals surface area contributed by atoms with Crippen molar-refractivity contribution in [3.8, 4) is 5.75 Å². The lowest BCUT2D eigenvalue weighted by Crippen LogP contribution is -1.88. The molecular weight excluding hydrogens is 260 g/mol. The first kappa shape index (κ1) is 9.87. The quantitative estimate of drug-likeness (QED) is 0.643. The maximum atomic E-state index is 5.30. The van der Waals surface area contributed by atoms with Gasteiger partial charge in [0, 0.05) is 4.47 Å². The summed E-state index contributed by atoms with van der Waals surface area (Å²) >= 11 is 7.45. The van der Waals surface area contributed by atoms with Gasteiger partial charge >= 0.3 is 0 Å². The fourth-order valence-corrected chi connectivity index (χ4v) is 1.89. The number of hydrogen-bond acceptors (Lipinski definition) is 2. The molecule has 0 spiro atoms. The second-order valence-electron chi connectivity index (χ2n) is 2.93. The Morgan fingerprint density at radius 1 is 1.07 bits per heavy atom. The highest BCUT2D eigenvalue weighted by Crippen LogP contribution is 2.24. The first-order chi connectivity index (χ1) is 6.79. The van der Waals surface area contributed by atoms with Crippen molar-refractivity contribution in [2.45, 2.75) is 0 Å². The summed E-state index contributed by atoms with van der Waals surface area (Å²) in [4.78, 5) is 0. The van der Waals surface area contributed by atoms with Gasteiger partial charge < -0.3 is 4.74 Å². The molecule has 0 aliphatic rings. The average Bonchev–Trinajstić information content (AvgIpc) is 2.19. The lowest BCUT2D eigenvalue weighted by molar-refractivity contribution is 0.395. The van der Waals surface area contributed by atoms with Crippen LogP contribution < -0.4 is 4.74 Å². The van der Waals surface area contributed by atoms with Gasteiger partial charge in [-0.2, -0.15) is 0 Å². The zero-order valence-electron chi connectivity index (χ0n) is 7.40. The molecule has 0 saturated heterocycles. The van der Waals surface area contributed by atoms with Gasteiger partial charge in [-0.15, -0.1) is 12.6 Å². The maximum absolute atomic E-state index is 5.30. The molecule has 0 unspecified atom stereocenters. The topological polar surface area (TPSA) is 9.23 Å². The van der Waals surface area contributed by atoms with Crippen molar-refractivity contribution in [3.63, 3.8) is 0 Å². The van der Waals surface area contributed by atoms with E-state index in [1.165, 1.54) is 10.8 Å². The number of fused-ring (bicyclic) bond motifs is 1. The van der Waals surface area contributed by atoms with Crippen LogP contribution in [0, 0.1) is 0 Å². The molecule has 0 saturated carbocycles. The minimum atomic E-state index is 0.405. The van der Waals surface area contributed by atoms with E-state index in [0.29, 0.717) is 5.94 Å². The Bertz CT molecular complexity index is 456. The molecule has 0 N–H and O–H groups in total. The molecule has 0 aromatic heterocycles. The van der Waals surface area contributed by atoms with Gasteiger partial charge in [-0.05, 0) is 35.0 Å². The lowest BCUT2D eigenvalue weighted by Gasteiger charge is -2.04. The Labute approximate surface area is 96.6 Å². The molecule has 1 nitrogen and oxygen atoms in total.